The number of carbonyl (C=O) groups is 1. The molecular weight excluding hydrogens is 240 g/mol. The van der Waals surface area contributed by atoms with E-state index < -0.39 is 6.10 Å². The van der Waals surface area contributed by atoms with E-state index in [1.54, 1.807) is 7.05 Å². The first-order valence-corrected chi connectivity index (χ1v) is 6.88. The molecule has 0 spiro atoms. The third kappa shape index (κ3) is 3.78. The number of amides is 1. The van der Waals surface area contributed by atoms with E-state index in [0.717, 1.165) is 24.9 Å². The molecule has 2 N–H and O–H groups in total. The number of nitrogens with one attached hydrogen (secondary N) is 1. The highest BCUT2D eigenvalue weighted by Gasteiger charge is 2.28. The molecule has 1 heterocycles. The number of carbonyl (C=O) groups excluding carboxylic acids is 1. The highest BCUT2D eigenvalue weighted by Crippen LogP contribution is 2.26. The van der Waals surface area contributed by atoms with Gasteiger partial charge in [0.1, 0.15) is 0 Å². The van der Waals surface area contributed by atoms with Crippen LogP contribution in [0.2, 0.25) is 0 Å². The van der Waals surface area contributed by atoms with Crippen LogP contribution in [0.25, 0.3) is 0 Å². The van der Waals surface area contributed by atoms with Crippen molar-refractivity contribution in [2.75, 3.05) is 20.1 Å². The van der Waals surface area contributed by atoms with Gasteiger partial charge in [0, 0.05) is 13.1 Å². The fraction of sp³-hybridized carbons (Fsp3) is 0.533. The van der Waals surface area contributed by atoms with E-state index >= 15 is 0 Å². The van der Waals surface area contributed by atoms with Crippen LogP contribution in [0.4, 0.5) is 0 Å². The second kappa shape index (κ2) is 6.68. The monoisotopic (exact) mass is 262 g/mol. The number of aliphatic hydroxyl groups excluding tert-OH is 1. The van der Waals surface area contributed by atoms with Crippen molar-refractivity contribution in [2.45, 2.75) is 31.4 Å². The molecule has 4 heteroatoms. The number of benzene rings is 1. The zero-order valence-corrected chi connectivity index (χ0v) is 11.4. The van der Waals surface area contributed by atoms with Gasteiger partial charge in [0.25, 0.3) is 0 Å². The van der Waals surface area contributed by atoms with Crippen molar-refractivity contribution in [2.24, 2.45) is 0 Å². The number of likely N-dealkylation sites (tertiary alicyclic amines) is 1. The SMILES string of the molecule is CNC(=O)CN1CCCC1CC(O)c1ccccc1. The third-order valence-electron chi connectivity index (χ3n) is 3.80. The number of hydrogen-bond acceptors (Lipinski definition) is 3. The van der Waals surface area contributed by atoms with E-state index in [0.29, 0.717) is 19.0 Å². The lowest BCUT2D eigenvalue weighted by atomic mass is 10.0. The summed E-state index contributed by atoms with van der Waals surface area (Å²) in [6.07, 6.45) is 2.40. The Bertz CT molecular complexity index is 408. The van der Waals surface area contributed by atoms with Gasteiger partial charge in [-0.2, -0.15) is 0 Å². The lowest BCUT2D eigenvalue weighted by molar-refractivity contribution is -0.122. The molecular formula is C15H22N2O2. The lowest BCUT2D eigenvalue weighted by Crippen LogP contribution is -2.39. The van der Waals surface area contributed by atoms with Crippen molar-refractivity contribution in [3.63, 3.8) is 0 Å². The summed E-state index contributed by atoms with van der Waals surface area (Å²) < 4.78 is 0. The third-order valence-corrected chi connectivity index (χ3v) is 3.80. The first kappa shape index (κ1) is 14.0. The molecule has 2 rings (SSSR count). The Morgan fingerprint density at radius 1 is 1.47 bits per heavy atom. The fourth-order valence-electron chi connectivity index (χ4n) is 2.70. The lowest BCUT2D eigenvalue weighted by Gasteiger charge is -2.25. The Morgan fingerprint density at radius 2 is 2.21 bits per heavy atom. The molecule has 1 aromatic rings. The van der Waals surface area contributed by atoms with E-state index in [-0.39, 0.29) is 5.91 Å². The largest absolute Gasteiger partial charge is 0.388 e. The van der Waals surface area contributed by atoms with Crippen LogP contribution in [0.5, 0.6) is 0 Å². The van der Waals surface area contributed by atoms with Crippen LogP contribution in [-0.2, 0) is 4.79 Å². The number of hydrogen-bond donors (Lipinski definition) is 2. The van der Waals surface area contributed by atoms with Crippen molar-refractivity contribution in [1.82, 2.24) is 10.2 Å². The Balaban J connectivity index is 1.92. The van der Waals surface area contributed by atoms with Gasteiger partial charge in [-0.05, 0) is 31.4 Å². The van der Waals surface area contributed by atoms with Crippen molar-refractivity contribution in [1.29, 1.82) is 0 Å². The van der Waals surface area contributed by atoms with Crippen LogP contribution in [0.15, 0.2) is 30.3 Å². The van der Waals surface area contributed by atoms with E-state index in [1.165, 1.54) is 0 Å². The standard InChI is InChI=1S/C15H22N2O2/c1-16-15(19)11-17-9-5-8-13(17)10-14(18)12-6-3-2-4-7-12/h2-4,6-7,13-14,18H,5,8-11H2,1H3,(H,16,19). The first-order valence-electron chi connectivity index (χ1n) is 6.88. The first-order chi connectivity index (χ1) is 9.20. The van der Waals surface area contributed by atoms with Crippen molar-refractivity contribution in [3.8, 4) is 0 Å². The second-order valence-electron chi connectivity index (χ2n) is 5.10. The minimum Gasteiger partial charge on any atom is -0.388 e. The maximum atomic E-state index is 11.5. The molecule has 1 aromatic carbocycles. The minimum atomic E-state index is -0.448. The zero-order valence-electron chi connectivity index (χ0n) is 11.4. The Hall–Kier alpha value is -1.39. The molecule has 1 aliphatic heterocycles. The maximum absolute atomic E-state index is 11.5. The molecule has 0 aromatic heterocycles. The Kier molecular flexibility index (Phi) is 4.93. The average Bonchev–Trinajstić information content (AvgIpc) is 2.86. The van der Waals surface area contributed by atoms with Crippen LogP contribution < -0.4 is 5.32 Å². The van der Waals surface area contributed by atoms with E-state index in [2.05, 4.69) is 10.2 Å². The molecule has 0 saturated carbocycles. The molecule has 2 atom stereocenters. The highest BCUT2D eigenvalue weighted by molar-refractivity contribution is 5.77. The molecule has 4 nitrogen and oxygen atoms in total. The molecule has 0 bridgehead atoms. The van der Waals surface area contributed by atoms with E-state index in [4.69, 9.17) is 0 Å². The highest BCUT2D eigenvalue weighted by atomic mass is 16.3. The molecule has 1 aliphatic rings. The number of likely N-dealkylation sites (N-methyl/N-ethyl adjacent to an activating group) is 1. The Labute approximate surface area is 114 Å². The summed E-state index contributed by atoms with van der Waals surface area (Å²) in [5, 5.41) is 12.9. The van der Waals surface area contributed by atoms with Gasteiger partial charge >= 0.3 is 0 Å². The summed E-state index contributed by atoms with van der Waals surface area (Å²) in [5.74, 6) is 0.0427. The Morgan fingerprint density at radius 3 is 2.89 bits per heavy atom. The predicted molar refractivity (Wildman–Crippen MR) is 74.7 cm³/mol. The van der Waals surface area contributed by atoms with Crippen molar-refractivity contribution < 1.29 is 9.90 Å². The predicted octanol–water partition coefficient (Wildman–Crippen LogP) is 1.32. The van der Waals surface area contributed by atoms with Gasteiger partial charge < -0.3 is 10.4 Å². The summed E-state index contributed by atoms with van der Waals surface area (Å²) in [4.78, 5) is 13.6. The quantitative estimate of drug-likeness (QED) is 0.841. The summed E-state index contributed by atoms with van der Waals surface area (Å²) in [7, 11) is 1.66. The molecule has 0 aliphatic carbocycles. The van der Waals surface area contributed by atoms with Crippen LogP contribution in [0, 0.1) is 0 Å². The van der Waals surface area contributed by atoms with Gasteiger partial charge in [-0.1, -0.05) is 30.3 Å². The molecule has 1 fully saturated rings. The number of rotatable bonds is 5. The number of aliphatic hydroxyl groups is 1. The second-order valence-corrected chi connectivity index (χ2v) is 5.10. The summed E-state index contributed by atoms with van der Waals surface area (Å²) >= 11 is 0. The summed E-state index contributed by atoms with van der Waals surface area (Å²) in [6.45, 7) is 1.38. The molecule has 1 saturated heterocycles. The van der Waals surface area contributed by atoms with Gasteiger partial charge in [-0.25, -0.2) is 0 Å². The van der Waals surface area contributed by atoms with Gasteiger partial charge in [0.15, 0.2) is 0 Å². The van der Waals surface area contributed by atoms with Crippen LogP contribution in [0.3, 0.4) is 0 Å². The van der Waals surface area contributed by atoms with Crippen molar-refractivity contribution >= 4 is 5.91 Å². The average molecular weight is 262 g/mol. The van der Waals surface area contributed by atoms with E-state index in [9.17, 15) is 9.90 Å². The van der Waals surface area contributed by atoms with Gasteiger partial charge in [-0.3, -0.25) is 9.69 Å². The minimum absolute atomic E-state index is 0.0427. The molecule has 104 valence electrons. The smallest absolute Gasteiger partial charge is 0.233 e. The van der Waals surface area contributed by atoms with Crippen molar-refractivity contribution in [3.05, 3.63) is 35.9 Å². The molecule has 19 heavy (non-hydrogen) atoms. The van der Waals surface area contributed by atoms with Crippen LogP contribution >= 0.6 is 0 Å². The molecule has 2 unspecified atom stereocenters. The molecule has 0 radical (unpaired) electrons. The van der Waals surface area contributed by atoms with Gasteiger partial charge in [0.2, 0.25) is 5.91 Å². The zero-order chi connectivity index (χ0) is 13.7. The fourth-order valence-corrected chi connectivity index (χ4v) is 2.70. The maximum Gasteiger partial charge on any atom is 0.233 e. The van der Waals surface area contributed by atoms with Crippen LogP contribution in [-0.4, -0.2) is 42.1 Å². The summed E-state index contributed by atoms with van der Waals surface area (Å²) in [6, 6.07) is 10.0. The normalized spacial score (nSPS) is 21.3. The van der Waals surface area contributed by atoms with Gasteiger partial charge in [-0.15, -0.1) is 0 Å². The molecule has 1 amide bonds. The number of nitrogens with zero attached hydrogens (tertiary/aromatic N) is 1. The van der Waals surface area contributed by atoms with Crippen LogP contribution in [0.1, 0.15) is 30.9 Å². The summed E-state index contributed by atoms with van der Waals surface area (Å²) in [5.41, 5.74) is 0.953. The van der Waals surface area contributed by atoms with Gasteiger partial charge in [0.05, 0.1) is 12.6 Å². The topological polar surface area (TPSA) is 52.6 Å². The van der Waals surface area contributed by atoms with E-state index in [1.807, 2.05) is 30.3 Å².